The van der Waals surface area contributed by atoms with Crippen LogP contribution in [0.15, 0.2) is 21.1 Å². The molecule has 0 radical (unpaired) electrons. The monoisotopic (exact) mass is 381 g/mol. The van der Waals surface area contributed by atoms with E-state index in [0.717, 1.165) is 20.3 Å². The molecule has 0 saturated carbocycles. The molecule has 0 aliphatic rings. The summed E-state index contributed by atoms with van der Waals surface area (Å²) in [5, 5.41) is 21.5. The van der Waals surface area contributed by atoms with Crippen LogP contribution in [0.25, 0.3) is 0 Å². The predicted molar refractivity (Wildman–Crippen MR) is 77.8 cm³/mol. The summed E-state index contributed by atoms with van der Waals surface area (Å²) in [5.41, 5.74) is 0.335. The number of methoxy groups -OCH3 is 1. The van der Waals surface area contributed by atoms with Gasteiger partial charge in [0.15, 0.2) is 0 Å². The highest BCUT2D eigenvalue weighted by Gasteiger charge is 2.21. The number of halogens is 2. The topological polar surface area (TPSA) is 61.7 Å². The number of aliphatic hydroxyl groups excluding tert-OH is 2. The van der Waals surface area contributed by atoms with E-state index in [0.29, 0.717) is 6.54 Å². The second-order valence-corrected chi connectivity index (χ2v) is 6.03. The Morgan fingerprint density at radius 3 is 2.11 bits per heavy atom. The summed E-state index contributed by atoms with van der Waals surface area (Å²) in [6.45, 7) is 2.06. The molecule has 3 N–H and O–H groups in total. The first-order valence-corrected chi connectivity index (χ1v) is 7.03. The average Bonchev–Trinajstić information content (AvgIpc) is 2.36. The SMILES string of the molecule is COc1c(Br)cc(CNC(C)(CO)CO)cc1Br. The maximum Gasteiger partial charge on any atom is 0.147 e. The van der Waals surface area contributed by atoms with E-state index in [-0.39, 0.29) is 13.2 Å². The van der Waals surface area contributed by atoms with Crippen molar-refractivity contribution in [3.8, 4) is 5.75 Å². The molecule has 4 nitrogen and oxygen atoms in total. The molecule has 0 heterocycles. The molecule has 1 aromatic rings. The summed E-state index contributed by atoms with van der Waals surface area (Å²) in [6.07, 6.45) is 0. The first-order chi connectivity index (χ1) is 8.45. The third-order valence-electron chi connectivity index (χ3n) is 2.68. The van der Waals surface area contributed by atoms with E-state index in [1.54, 1.807) is 14.0 Å². The summed E-state index contributed by atoms with van der Waals surface area (Å²) in [5.74, 6) is 0.742. The maximum absolute atomic E-state index is 9.19. The summed E-state index contributed by atoms with van der Waals surface area (Å²) in [7, 11) is 1.61. The third-order valence-corrected chi connectivity index (χ3v) is 3.86. The van der Waals surface area contributed by atoms with E-state index in [9.17, 15) is 10.2 Å². The van der Waals surface area contributed by atoms with E-state index in [1.807, 2.05) is 12.1 Å². The van der Waals surface area contributed by atoms with Gasteiger partial charge in [-0.05, 0) is 56.5 Å². The Kier molecular flexibility index (Phi) is 6.07. The van der Waals surface area contributed by atoms with Gasteiger partial charge in [0.1, 0.15) is 5.75 Å². The van der Waals surface area contributed by atoms with Crippen molar-refractivity contribution in [2.75, 3.05) is 20.3 Å². The Labute approximate surface area is 124 Å². The predicted octanol–water partition coefficient (Wildman–Crippen LogP) is 2.05. The van der Waals surface area contributed by atoms with Crippen LogP contribution < -0.4 is 10.1 Å². The number of rotatable bonds is 6. The molecule has 102 valence electrons. The fraction of sp³-hybridized carbons (Fsp3) is 0.500. The molecule has 0 aliphatic carbocycles. The van der Waals surface area contributed by atoms with E-state index in [1.165, 1.54) is 0 Å². The van der Waals surface area contributed by atoms with Crippen molar-refractivity contribution in [3.63, 3.8) is 0 Å². The fourth-order valence-electron chi connectivity index (χ4n) is 1.39. The molecule has 1 rings (SSSR count). The number of hydrogen-bond acceptors (Lipinski definition) is 4. The zero-order valence-corrected chi connectivity index (χ0v) is 13.5. The van der Waals surface area contributed by atoms with E-state index >= 15 is 0 Å². The van der Waals surface area contributed by atoms with Gasteiger partial charge in [-0.25, -0.2) is 0 Å². The molecule has 0 atom stereocenters. The number of hydrogen-bond donors (Lipinski definition) is 3. The summed E-state index contributed by atoms with van der Waals surface area (Å²) >= 11 is 6.86. The molecule has 0 aliphatic heterocycles. The van der Waals surface area contributed by atoms with Crippen LogP contribution in [0.1, 0.15) is 12.5 Å². The molecule has 0 fully saturated rings. The van der Waals surface area contributed by atoms with Crippen molar-refractivity contribution < 1.29 is 14.9 Å². The normalized spacial score (nSPS) is 11.7. The van der Waals surface area contributed by atoms with Crippen LogP contribution in [0.2, 0.25) is 0 Å². The Balaban J connectivity index is 2.81. The molecule has 1 aromatic carbocycles. The van der Waals surface area contributed by atoms with Crippen LogP contribution in [-0.4, -0.2) is 36.1 Å². The average molecular weight is 383 g/mol. The zero-order chi connectivity index (χ0) is 13.8. The van der Waals surface area contributed by atoms with Gasteiger partial charge in [-0.2, -0.15) is 0 Å². The minimum absolute atomic E-state index is 0.123. The first kappa shape index (κ1) is 15.9. The molecule has 18 heavy (non-hydrogen) atoms. The van der Waals surface area contributed by atoms with Crippen LogP contribution >= 0.6 is 31.9 Å². The largest absolute Gasteiger partial charge is 0.494 e. The second-order valence-electron chi connectivity index (χ2n) is 4.32. The molecule has 0 aromatic heterocycles. The van der Waals surface area contributed by atoms with Crippen molar-refractivity contribution in [1.82, 2.24) is 5.32 Å². The molecule has 0 bridgehead atoms. The highest BCUT2D eigenvalue weighted by Crippen LogP contribution is 2.34. The van der Waals surface area contributed by atoms with Gasteiger partial charge in [-0.3, -0.25) is 0 Å². The first-order valence-electron chi connectivity index (χ1n) is 5.44. The highest BCUT2D eigenvalue weighted by molar-refractivity contribution is 9.11. The van der Waals surface area contributed by atoms with Crippen LogP contribution in [0.5, 0.6) is 5.75 Å². The Morgan fingerprint density at radius 1 is 1.22 bits per heavy atom. The zero-order valence-electron chi connectivity index (χ0n) is 10.3. The van der Waals surface area contributed by atoms with Gasteiger partial charge in [0.05, 0.1) is 34.8 Å². The highest BCUT2D eigenvalue weighted by atomic mass is 79.9. The number of ether oxygens (including phenoxy) is 1. The molecule has 0 unspecified atom stereocenters. The van der Waals surface area contributed by atoms with E-state index in [2.05, 4.69) is 37.2 Å². The maximum atomic E-state index is 9.19. The van der Waals surface area contributed by atoms with Crippen LogP contribution in [0, 0.1) is 0 Å². The van der Waals surface area contributed by atoms with Crippen LogP contribution in [0.4, 0.5) is 0 Å². The van der Waals surface area contributed by atoms with Gasteiger partial charge in [0.2, 0.25) is 0 Å². The Bertz CT molecular complexity index is 385. The lowest BCUT2D eigenvalue weighted by atomic mass is 10.0. The van der Waals surface area contributed by atoms with Crippen molar-refractivity contribution >= 4 is 31.9 Å². The summed E-state index contributed by atoms with van der Waals surface area (Å²) < 4.78 is 6.93. The van der Waals surface area contributed by atoms with E-state index in [4.69, 9.17) is 4.74 Å². The number of aliphatic hydroxyl groups is 2. The van der Waals surface area contributed by atoms with Gasteiger partial charge in [-0.1, -0.05) is 0 Å². The van der Waals surface area contributed by atoms with Crippen molar-refractivity contribution in [2.24, 2.45) is 0 Å². The van der Waals surface area contributed by atoms with Gasteiger partial charge >= 0.3 is 0 Å². The molecule has 0 amide bonds. The molecule has 0 spiro atoms. The molecule has 0 saturated heterocycles. The number of nitrogens with one attached hydrogen (secondary N) is 1. The molecule has 6 heteroatoms. The van der Waals surface area contributed by atoms with Crippen molar-refractivity contribution in [2.45, 2.75) is 19.0 Å². The second kappa shape index (κ2) is 6.86. The standard InChI is InChI=1S/C12H17Br2NO3/c1-12(6-16,7-17)15-5-8-3-9(13)11(18-2)10(14)4-8/h3-4,15-17H,5-7H2,1-2H3. The molecular weight excluding hydrogens is 366 g/mol. The lowest BCUT2D eigenvalue weighted by Crippen LogP contribution is -2.48. The van der Waals surface area contributed by atoms with Crippen LogP contribution in [-0.2, 0) is 6.54 Å². The van der Waals surface area contributed by atoms with Gasteiger partial charge in [0, 0.05) is 6.54 Å². The Morgan fingerprint density at radius 2 is 1.72 bits per heavy atom. The number of benzene rings is 1. The smallest absolute Gasteiger partial charge is 0.147 e. The van der Waals surface area contributed by atoms with Gasteiger partial charge in [-0.15, -0.1) is 0 Å². The minimum atomic E-state index is -0.682. The fourth-order valence-corrected chi connectivity index (χ4v) is 2.99. The lowest BCUT2D eigenvalue weighted by molar-refractivity contribution is 0.103. The van der Waals surface area contributed by atoms with Crippen molar-refractivity contribution in [3.05, 3.63) is 26.6 Å². The third kappa shape index (κ3) is 3.93. The summed E-state index contributed by atoms with van der Waals surface area (Å²) in [6, 6.07) is 3.87. The molecular formula is C12H17Br2NO3. The van der Waals surface area contributed by atoms with Gasteiger partial charge < -0.3 is 20.3 Å². The van der Waals surface area contributed by atoms with Gasteiger partial charge in [0.25, 0.3) is 0 Å². The van der Waals surface area contributed by atoms with Crippen molar-refractivity contribution in [1.29, 1.82) is 0 Å². The minimum Gasteiger partial charge on any atom is -0.494 e. The summed E-state index contributed by atoms with van der Waals surface area (Å²) in [4.78, 5) is 0. The Hall–Kier alpha value is -0.140. The quantitative estimate of drug-likeness (QED) is 0.704. The van der Waals surface area contributed by atoms with Crippen LogP contribution in [0.3, 0.4) is 0 Å². The lowest BCUT2D eigenvalue weighted by Gasteiger charge is -2.26. The van der Waals surface area contributed by atoms with E-state index < -0.39 is 5.54 Å².